The predicted octanol–water partition coefficient (Wildman–Crippen LogP) is 4.92. The van der Waals surface area contributed by atoms with Crippen molar-refractivity contribution in [1.82, 2.24) is 4.90 Å². The van der Waals surface area contributed by atoms with Crippen molar-refractivity contribution in [3.63, 3.8) is 0 Å². The predicted molar refractivity (Wildman–Crippen MR) is 108 cm³/mol. The molecule has 3 heteroatoms. The summed E-state index contributed by atoms with van der Waals surface area (Å²) < 4.78 is 5.15. The van der Waals surface area contributed by atoms with Gasteiger partial charge in [0.25, 0.3) is 0 Å². The summed E-state index contributed by atoms with van der Waals surface area (Å²) in [5.41, 5.74) is 3.51. The number of allylic oxidation sites excluding steroid dienone is 1. The molecule has 0 bridgehead atoms. The maximum atomic E-state index is 12.2. The van der Waals surface area contributed by atoms with Crippen LogP contribution in [0.2, 0.25) is 0 Å². The molecule has 0 aromatic heterocycles. The number of hydrogen-bond acceptors (Lipinski definition) is 2. The lowest BCUT2D eigenvalue weighted by molar-refractivity contribution is -0.129. The molecule has 0 aliphatic carbocycles. The average Bonchev–Trinajstić information content (AvgIpc) is 2.71. The highest BCUT2D eigenvalue weighted by atomic mass is 16.5. The van der Waals surface area contributed by atoms with Crippen molar-refractivity contribution < 1.29 is 9.53 Å². The number of unbranched alkanes of at least 4 members (excludes halogenated alkanes) is 1. The molecule has 0 spiro atoms. The number of carbonyl (C=O) groups excluding carboxylic acids is 1. The topological polar surface area (TPSA) is 29.5 Å². The van der Waals surface area contributed by atoms with Crippen LogP contribution in [0.4, 0.5) is 0 Å². The van der Waals surface area contributed by atoms with E-state index in [9.17, 15) is 4.79 Å². The van der Waals surface area contributed by atoms with E-state index in [0.717, 1.165) is 42.6 Å². The smallest absolute Gasteiger partial charge is 0.227 e. The Morgan fingerprint density at radius 1 is 1.04 bits per heavy atom. The summed E-state index contributed by atoms with van der Waals surface area (Å²) in [6.07, 6.45) is 6.40. The summed E-state index contributed by atoms with van der Waals surface area (Å²) in [4.78, 5) is 14.0. The molecule has 3 nitrogen and oxygen atoms in total. The van der Waals surface area contributed by atoms with E-state index in [1.807, 2.05) is 47.4 Å². The zero-order chi connectivity index (χ0) is 18.9. The molecule has 0 radical (unpaired) electrons. The lowest BCUT2D eigenvalue weighted by Gasteiger charge is -2.25. The fourth-order valence-electron chi connectivity index (χ4n) is 3.11. The van der Waals surface area contributed by atoms with Crippen LogP contribution in [0.3, 0.4) is 0 Å². The fourth-order valence-corrected chi connectivity index (χ4v) is 3.11. The van der Waals surface area contributed by atoms with Crippen LogP contribution in [0.15, 0.2) is 66.4 Å². The molecule has 0 unspecified atom stereocenters. The first kappa shape index (κ1) is 18.8. The molecule has 0 N–H and O–H groups in total. The first-order valence-corrected chi connectivity index (χ1v) is 9.40. The summed E-state index contributed by atoms with van der Waals surface area (Å²) in [5, 5.41) is 0. The van der Waals surface area contributed by atoms with Crippen LogP contribution in [0.1, 0.15) is 43.2 Å². The third-order valence-corrected chi connectivity index (χ3v) is 4.64. The normalized spacial score (nSPS) is 13.6. The van der Waals surface area contributed by atoms with Crippen molar-refractivity contribution in [1.29, 1.82) is 0 Å². The van der Waals surface area contributed by atoms with Gasteiger partial charge in [-0.3, -0.25) is 4.79 Å². The molecule has 0 saturated carbocycles. The van der Waals surface area contributed by atoms with Crippen molar-refractivity contribution in [2.24, 2.45) is 0 Å². The monoisotopic (exact) mass is 359 g/mol. The summed E-state index contributed by atoms with van der Waals surface area (Å²) in [7, 11) is 1.66. The maximum Gasteiger partial charge on any atom is 0.227 e. The molecule has 138 valence electrons. The Hall–Kier alpha value is -2.99. The third-order valence-electron chi connectivity index (χ3n) is 4.64. The van der Waals surface area contributed by atoms with Crippen molar-refractivity contribution in [3.8, 4) is 17.6 Å². The van der Waals surface area contributed by atoms with E-state index in [2.05, 4.69) is 30.2 Å². The summed E-state index contributed by atoms with van der Waals surface area (Å²) in [6, 6.07) is 17.9. The minimum atomic E-state index is 0.210. The lowest BCUT2D eigenvalue weighted by atomic mass is 10.0. The maximum absolute atomic E-state index is 12.2. The van der Waals surface area contributed by atoms with Gasteiger partial charge in [-0.1, -0.05) is 47.7 Å². The van der Waals surface area contributed by atoms with Crippen LogP contribution in [-0.2, 0) is 11.3 Å². The van der Waals surface area contributed by atoms with Gasteiger partial charge in [-0.05, 0) is 49.1 Å². The van der Waals surface area contributed by atoms with Gasteiger partial charge in [0.15, 0.2) is 0 Å². The van der Waals surface area contributed by atoms with Crippen LogP contribution >= 0.6 is 0 Å². The van der Waals surface area contributed by atoms with E-state index in [1.165, 1.54) is 5.57 Å². The van der Waals surface area contributed by atoms with Gasteiger partial charge in [0.05, 0.1) is 13.7 Å². The molecule has 2 aromatic rings. The lowest BCUT2D eigenvalue weighted by Crippen LogP contribution is -2.28. The molecule has 27 heavy (non-hydrogen) atoms. The quantitative estimate of drug-likeness (QED) is 0.541. The number of ether oxygens (including phenoxy) is 1. The van der Waals surface area contributed by atoms with Gasteiger partial charge >= 0.3 is 0 Å². The second-order valence-corrected chi connectivity index (χ2v) is 6.68. The van der Waals surface area contributed by atoms with Gasteiger partial charge in [-0.2, -0.15) is 0 Å². The van der Waals surface area contributed by atoms with Crippen molar-refractivity contribution in [2.75, 3.05) is 7.11 Å². The van der Waals surface area contributed by atoms with Gasteiger partial charge in [0.2, 0.25) is 5.91 Å². The van der Waals surface area contributed by atoms with E-state index >= 15 is 0 Å². The second kappa shape index (κ2) is 9.64. The SMILES string of the molecule is COc1ccc(C#CCCCC2=CN(Cc3ccccc3)C(=O)CC2)cc1. The van der Waals surface area contributed by atoms with Crippen LogP contribution in [0.25, 0.3) is 0 Å². The number of amides is 1. The highest BCUT2D eigenvalue weighted by molar-refractivity contribution is 5.78. The number of hydrogen-bond donors (Lipinski definition) is 0. The molecule has 1 aliphatic heterocycles. The zero-order valence-corrected chi connectivity index (χ0v) is 15.8. The molecule has 3 rings (SSSR count). The fraction of sp³-hybridized carbons (Fsp3) is 0.292. The van der Waals surface area contributed by atoms with Gasteiger partial charge in [-0.15, -0.1) is 0 Å². The van der Waals surface area contributed by atoms with Crippen LogP contribution in [0.5, 0.6) is 5.75 Å². The molecule has 0 fully saturated rings. The Morgan fingerprint density at radius 3 is 2.56 bits per heavy atom. The van der Waals surface area contributed by atoms with Gasteiger partial charge in [0.1, 0.15) is 5.75 Å². The molecule has 0 saturated heterocycles. The van der Waals surface area contributed by atoms with E-state index in [0.29, 0.717) is 13.0 Å². The van der Waals surface area contributed by atoms with Crippen LogP contribution in [0, 0.1) is 11.8 Å². The Labute approximate surface area is 161 Å². The summed E-state index contributed by atoms with van der Waals surface area (Å²) >= 11 is 0. The molecule has 2 aromatic carbocycles. The van der Waals surface area contributed by atoms with E-state index in [-0.39, 0.29) is 5.91 Å². The van der Waals surface area contributed by atoms with Crippen molar-refractivity contribution >= 4 is 5.91 Å². The minimum Gasteiger partial charge on any atom is -0.497 e. The molecular formula is C24H25NO2. The van der Waals surface area contributed by atoms with E-state index in [1.54, 1.807) is 7.11 Å². The number of carbonyl (C=O) groups is 1. The van der Waals surface area contributed by atoms with Gasteiger partial charge in [0, 0.05) is 24.6 Å². The number of methoxy groups -OCH3 is 1. The van der Waals surface area contributed by atoms with Crippen LogP contribution < -0.4 is 4.74 Å². The molecule has 1 aliphatic rings. The Kier molecular flexibility index (Phi) is 6.71. The largest absolute Gasteiger partial charge is 0.497 e. The standard InChI is InChI=1S/C24H25NO2/c1-27-23-15-12-20(13-16-23)8-4-2-7-11-22-14-17-24(26)25(19-22)18-21-9-5-3-6-10-21/h3,5-6,9-10,12-13,15-16,19H,2,7,11,14,17-18H2,1H3. The number of rotatable bonds is 6. The van der Waals surface area contributed by atoms with E-state index in [4.69, 9.17) is 4.74 Å². The molecular weight excluding hydrogens is 334 g/mol. The zero-order valence-electron chi connectivity index (χ0n) is 15.8. The summed E-state index contributed by atoms with van der Waals surface area (Å²) in [5.74, 6) is 7.49. The number of nitrogens with zero attached hydrogens (tertiary/aromatic N) is 1. The Morgan fingerprint density at radius 2 is 1.81 bits per heavy atom. The first-order chi connectivity index (χ1) is 13.2. The number of benzene rings is 2. The highest BCUT2D eigenvalue weighted by Crippen LogP contribution is 2.22. The Bertz CT molecular complexity index is 841. The van der Waals surface area contributed by atoms with Gasteiger partial charge in [-0.25, -0.2) is 0 Å². The summed E-state index contributed by atoms with van der Waals surface area (Å²) in [6.45, 7) is 0.653. The third kappa shape index (κ3) is 5.76. The minimum absolute atomic E-state index is 0.210. The second-order valence-electron chi connectivity index (χ2n) is 6.68. The average molecular weight is 359 g/mol. The van der Waals surface area contributed by atoms with Crippen LogP contribution in [-0.4, -0.2) is 17.9 Å². The Balaban J connectivity index is 1.49. The first-order valence-electron chi connectivity index (χ1n) is 9.40. The van der Waals surface area contributed by atoms with Crippen molar-refractivity contribution in [3.05, 3.63) is 77.5 Å². The van der Waals surface area contributed by atoms with E-state index < -0.39 is 0 Å². The van der Waals surface area contributed by atoms with Crippen molar-refractivity contribution in [2.45, 2.75) is 38.6 Å². The highest BCUT2D eigenvalue weighted by Gasteiger charge is 2.18. The van der Waals surface area contributed by atoms with Gasteiger partial charge < -0.3 is 9.64 Å². The molecule has 1 amide bonds. The molecule has 0 atom stereocenters. The molecule has 1 heterocycles.